The predicted octanol–water partition coefficient (Wildman–Crippen LogP) is 3.33. The number of hydrazine groups is 1. The standard InChI is InChI=1S/C15H16F3N3/c1-11-2-5-13(6-3-11)21(19)9-8-12-4-7-14(20-10-12)15(16,17)18/h2-7,10H,8-9,19H2,1H3. The largest absolute Gasteiger partial charge is 0.433 e. The minimum absolute atomic E-state index is 0.496. The third-order valence-corrected chi connectivity index (χ3v) is 3.12. The van der Waals surface area contributed by atoms with Crippen LogP contribution in [0.5, 0.6) is 0 Å². The van der Waals surface area contributed by atoms with Gasteiger partial charge in [-0.1, -0.05) is 23.8 Å². The van der Waals surface area contributed by atoms with Gasteiger partial charge in [0.25, 0.3) is 0 Å². The molecule has 0 spiro atoms. The molecule has 0 fully saturated rings. The summed E-state index contributed by atoms with van der Waals surface area (Å²) < 4.78 is 37.2. The number of alkyl halides is 3. The Bertz CT molecular complexity index is 577. The van der Waals surface area contributed by atoms with E-state index in [-0.39, 0.29) is 0 Å². The summed E-state index contributed by atoms with van der Waals surface area (Å²) in [6.07, 6.45) is -2.64. The van der Waals surface area contributed by atoms with Crippen LogP contribution in [0.1, 0.15) is 16.8 Å². The van der Waals surface area contributed by atoms with Crippen molar-refractivity contribution in [3.63, 3.8) is 0 Å². The van der Waals surface area contributed by atoms with Crippen molar-refractivity contribution in [1.29, 1.82) is 0 Å². The number of anilines is 1. The molecule has 0 unspecified atom stereocenters. The van der Waals surface area contributed by atoms with E-state index in [0.717, 1.165) is 17.3 Å². The Labute approximate surface area is 121 Å². The zero-order valence-electron chi connectivity index (χ0n) is 11.6. The van der Waals surface area contributed by atoms with E-state index in [2.05, 4.69) is 4.98 Å². The van der Waals surface area contributed by atoms with Gasteiger partial charge in [0, 0.05) is 12.7 Å². The lowest BCUT2D eigenvalue weighted by molar-refractivity contribution is -0.141. The normalized spacial score (nSPS) is 11.5. The summed E-state index contributed by atoms with van der Waals surface area (Å²) in [6.45, 7) is 2.48. The molecule has 2 N–H and O–H groups in total. The average Bonchev–Trinajstić information content (AvgIpc) is 2.45. The molecule has 2 rings (SSSR count). The molecule has 0 amide bonds. The van der Waals surface area contributed by atoms with Crippen LogP contribution in [0.3, 0.4) is 0 Å². The van der Waals surface area contributed by atoms with Gasteiger partial charge in [-0.3, -0.25) is 4.98 Å². The van der Waals surface area contributed by atoms with Gasteiger partial charge in [0.1, 0.15) is 5.69 Å². The summed E-state index contributed by atoms with van der Waals surface area (Å²) in [7, 11) is 0. The van der Waals surface area contributed by atoms with Crippen molar-refractivity contribution < 1.29 is 13.2 Å². The van der Waals surface area contributed by atoms with E-state index < -0.39 is 11.9 Å². The summed E-state index contributed by atoms with van der Waals surface area (Å²) in [4.78, 5) is 3.43. The summed E-state index contributed by atoms with van der Waals surface area (Å²) in [6, 6.07) is 10.1. The molecule has 0 bridgehead atoms. The number of aromatic nitrogens is 1. The maximum absolute atomic E-state index is 12.4. The number of nitrogens with two attached hydrogens (primary N) is 1. The van der Waals surface area contributed by atoms with Gasteiger partial charge in [0.15, 0.2) is 0 Å². The molecule has 0 atom stereocenters. The van der Waals surface area contributed by atoms with E-state index in [1.165, 1.54) is 12.3 Å². The Hall–Kier alpha value is -2.08. The van der Waals surface area contributed by atoms with Crippen LogP contribution in [0, 0.1) is 6.92 Å². The average molecular weight is 295 g/mol. The first kappa shape index (κ1) is 15.3. The second kappa shape index (κ2) is 6.13. The van der Waals surface area contributed by atoms with E-state index in [1.54, 1.807) is 5.01 Å². The third kappa shape index (κ3) is 4.19. The molecule has 6 heteroatoms. The molecule has 3 nitrogen and oxygen atoms in total. The molecule has 0 aliphatic heterocycles. The second-order valence-corrected chi connectivity index (χ2v) is 4.83. The molecular weight excluding hydrogens is 279 g/mol. The summed E-state index contributed by atoms with van der Waals surface area (Å²) in [5, 5.41) is 1.57. The van der Waals surface area contributed by atoms with Gasteiger partial charge in [0.2, 0.25) is 0 Å². The number of hydrogen-bond donors (Lipinski definition) is 1. The van der Waals surface area contributed by atoms with Crippen molar-refractivity contribution in [1.82, 2.24) is 4.98 Å². The molecule has 0 saturated heterocycles. The fourth-order valence-electron chi connectivity index (χ4n) is 1.85. The maximum Gasteiger partial charge on any atom is 0.433 e. The Morgan fingerprint density at radius 2 is 1.76 bits per heavy atom. The van der Waals surface area contributed by atoms with Gasteiger partial charge in [0.05, 0.1) is 5.69 Å². The molecular formula is C15H16F3N3. The third-order valence-electron chi connectivity index (χ3n) is 3.12. The highest BCUT2D eigenvalue weighted by Gasteiger charge is 2.31. The number of pyridine rings is 1. The Morgan fingerprint density at radius 3 is 2.29 bits per heavy atom. The lowest BCUT2D eigenvalue weighted by atomic mass is 10.2. The molecule has 0 aliphatic carbocycles. The van der Waals surface area contributed by atoms with Crippen molar-refractivity contribution in [2.75, 3.05) is 11.6 Å². The van der Waals surface area contributed by atoms with E-state index in [4.69, 9.17) is 5.84 Å². The highest BCUT2D eigenvalue weighted by atomic mass is 19.4. The van der Waals surface area contributed by atoms with Crippen LogP contribution in [0.25, 0.3) is 0 Å². The molecule has 2 aromatic rings. The fourth-order valence-corrected chi connectivity index (χ4v) is 1.85. The van der Waals surface area contributed by atoms with Gasteiger partial charge >= 0.3 is 6.18 Å². The van der Waals surface area contributed by atoms with Gasteiger partial charge in [-0.05, 0) is 37.1 Å². The van der Waals surface area contributed by atoms with E-state index in [0.29, 0.717) is 18.5 Å². The molecule has 1 heterocycles. The molecule has 21 heavy (non-hydrogen) atoms. The van der Waals surface area contributed by atoms with Crippen molar-refractivity contribution in [2.45, 2.75) is 19.5 Å². The fraction of sp³-hybridized carbons (Fsp3) is 0.267. The van der Waals surface area contributed by atoms with E-state index in [1.807, 2.05) is 31.2 Å². The summed E-state index contributed by atoms with van der Waals surface area (Å²) in [5.41, 5.74) is 1.83. The lowest BCUT2D eigenvalue weighted by Gasteiger charge is -2.18. The van der Waals surface area contributed by atoms with Gasteiger partial charge in [-0.15, -0.1) is 0 Å². The van der Waals surface area contributed by atoms with Crippen LogP contribution in [0.2, 0.25) is 0 Å². The predicted molar refractivity (Wildman–Crippen MR) is 75.7 cm³/mol. The van der Waals surface area contributed by atoms with Gasteiger partial charge in [-0.2, -0.15) is 13.2 Å². The number of aryl methyl sites for hydroxylation is 1. The topological polar surface area (TPSA) is 42.1 Å². The molecule has 112 valence electrons. The maximum atomic E-state index is 12.4. The SMILES string of the molecule is Cc1ccc(N(N)CCc2ccc(C(F)(F)F)nc2)cc1. The molecule has 1 aromatic heterocycles. The smallest absolute Gasteiger partial charge is 0.311 e. The molecule has 0 saturated carbocycles. The Kier molecular flexibility index (Phi) is 4.47. The number of benzene rings is 1. The van der Waals surface area contributed by atoms with Crippen LogP contribution in [-0.4, -0.2) is 11.5 Å². The summed E-state index contributed by atoms with van der Waals surface area (Å²) in [5.74, 6) is 5.92. The van der Waals surface area contributed by atoms with Crippen molar-refractivity contribution >= 4 is 5.69 Å². The number of rotatable bonds is 4. The molecule has 0 aliphatic rings. The Morgan fingerprint density at radius 1 is 1.10 bits per heavy atom. The highest BCUT2D eigenvalue weighted by molar-refractivity contribution is 5.46. The van der Waals surface area contributed by atoms with Crippen molar-refractivity contribution in [3.05, 3.63) is 59.4 Å². The van der Waals surface area contributed by atoms with Crippen molar-refractivity contribution in [3.8, 4) is 0 Å². The number of halogens is 3. The minimum atomic E-state index is -4.40. The quantitative estimate of drug-likeness (QED) is 0.695. The number of hydrogen-bond acceptors (Lipinski definition) is 3. The monoisotopic (exact) mass is 295 g/mol. The molecule has 1 aromatic carbocycles. The number of nitrogens with zero attached hydrogens (tertiary/aromatic N) is 2. The van der Waals surface area contributed by atoms with Gasteiger partial charge in [-0.25, -0.2) is 5.84 Å². The summed E-state index contributed by atoms with van der Waals surface area (Å²) >= 11 is 0. The van der Waals surface area contributed by atoms with Crippen LogP contribution >= 0.6 is 0 Å². The highest BCUT2D eigenvalue weighted by Crippen LogP contribution is 2.27. The molecule has 0 radical (unpaired) electrons. The van der Waals surface area contributed by atoms with E-state index >= 15 is 0 Å². The minimum Gasteiger partial charge on any atom is -0.311 e. The Balaban J connectivity index is 1.95. The zero-order valence-corrected chi connectivity index (χ0v) is 11.6. The van der Waals surface area contributed by atoms with Crippen LogP contribution in [0.4, 0.5) is 18.9 Å². The van der Waals surface area contributed by atoms with Gasteiger partial charge < -0.3 is 5.01 Å². The first-order chi connectivity index (χ1) is 9.86. The van der Waals surface area contributed by atoms with E-state index in [9.17, 15) is 13.2 Å². The first-order valence-electron chi connectivity index (χ1n) is 6.47. The second-order valence-electron chi connectivity index (χ2n) is 4.83. The zero-order chi connectivity index (χ0) is 15.5. The van der Waals surface area contributed by atoms with Crippen molar-refractivity contribution in [2.24, 2.45) is 5.84 Å². The lowest BCUT2D eigenvalue weighted by Crippen LogP contribution is -2.32. The van der Waals surface area contributed by atoms with Crippen LogP contribution < -0.4 is 10.9 Å². The van der Waals surface area contributed by atoms with Crippen LogP contribution in [0.15, 0.2) is 42.6 Å². The first-order valence-corrected chi connectivity index (χ1v) is 6.47. The van der Waals surface area contributed by atoms with Crippen LogP contribution in [-0.2, 0) is 12.6 Å².